The predicted molar refractivity (Wildman–Crippen MR) is 142 cm³/mol. The molecule has 4 heterocycles. The van der Waals surface area contributed by atoms with Gasteiger partial charge in [-0.3, -0.25) is 14.5 Å². The van der Waals surface area contributed by atoms with Crippen molar-refractivity contribution < 1.29 is 14.1 Å². The van der Waals surface area contributed by atoms with Crippen molar-refractivity contribution >= 4 is 17.5 Å². The maximum Gasteiger partial charge on any atom is 0.222 e. The molecule has 3 saturated heterocycles. The van der Waals surface area contributed by atoms with Crippen LogP contribution in [-0.2, 0) is 22.6 Å². The van der Waals surface area contributed by atoms with Crippen molar-refractivity contribution in [1.29, 1.82) is 0 Å². The topological polar surface area (TPSA) is 85.2 Å². The predicted octanol–water partition coefficient (Wildman–Crippen LogP) is 1.85. The maximum atomic E-state index is 13.0. The maximum absolute atomic E-state index is 13.0. The molecule has 200 valence electrons. The number of nitrogens with zero attached hydrogens (tertiary/aromatic N) is 5. The van der Waals surface area contributed by atoms with Crippen LogP contribution in [0, 0.1) is 11.8 Å². The van der Waals surface area contributed by atoms with Gasteiger partial charge in [0.05, 0.1) is 12.2 Å². The Labute approximate surface area is 219 Å². The lowest BCUT2D eigenvalue weighted by Gasteiger charge is -2.37. The van der Waals surface area contributed by atoms with Gasteiger partial charge in [-0.25, -0.2) is 0 Å². The van der Waals surface area contributed by atoms with Gasteiger partial charge in [-0.05, 0) is 49.9 Å². The van der Waals surface area contributed by atoms with Crippen LogP contribution in [0.2, 0.25) is 0 Å². The second kappa shape index (κ2) is 12.1. The minimum absolute atomic E-state index is 0.0898. The number of amides is 2. The molecule has 3 aliphatic rings. The molecule has 2 amide bonds. The molecule has 0 aliphatic carbocycles. The van der Waals surface area contributed by atoms with Crippen LogP contribution in [0.1, 0.15) is 31.2 Å². The van der Waals surface area contributed by atoms with Crippen LogP contribution in [0.15, 0.2) is 40.9 Å². The van der Waals surface area contributed by atoms with E-state index in [9.17, 15) is 9.59 Å². The first-order valence-electron chi connectivity index (χ1n) is 13.8. The third-order valence-electron chi connectivity index (χ3n) is 8.23. The Morgan fingerprint density at radius 1 is 0.973 bits per heavy atom. The first kappa shape index (κ1) is 25.7. The zero-order valence-corrected chi connectivity index (χ0v) is 22.0. The number of piperidine rings is 1. The minimum Gasteiger partial charge on any atom is -0.369 e. The van der Waals surface area contributed by atoms with Gasteiger partial charge in [0.25, 0.3) is 0 Å². The summed E-state index contributed by atoms with van der Waals surface area (Å²) in [5, 5.41) is 7.90. The van der Waals surface area contributed by atoms with E-state index in [4.69, 9.17) is 4.52 Å². The summed E-state index contributed by atoms with van der Waals surface area (Å²) in [5.74, 6) is 1.93. The molecule has 9 nitrogen and oxygen atoms in total. The summed E-state index contributed by atoms with van der Waals surface area (Å²) in [6.07, 6.45) is 2.40. The molecule has 3 aliphatic heterocycles. The number of rotatable bonds is 7. The summed E-state index contributed by atoms with van der Waals surface area (Å²) in [6.45, 7) is 10.8. The molecule has 2 atom stereocenters. The van der Waals surface area contributed by atoms with Crippen LogP contribution in [0.25, 0.3) is 0 Å². The van der Waals surface area contributed by atoms with Gasteiger partial charge in [-0.15, -0.1) is 0 Å². The highest BCUT2D eigenvalue weighted by atomic mass is 16.5. The zero-order chi connectivity index (χ0) is 25.6. The van der Waals surface area contributed by atoms with Crippen LogP contribution >= 0.6 is 0 Å². The number of anilines is 1. The van der Waals surface area contributed by atoms with Crippen molar-refractivity contribution in [2.24, 2.45) is 11.8 Å². The molecule has 1 N–H and O–H groups in total. The Balaban J connectivity index is 1.10. The summed E-state index contributed by atoms with van der Waals surface area (Å²) in [5.41, 5.74) is 2.27. The summed E-state index contributed by atoms with van der Waals surface area (Å²) >= 11 is 0. The standard InChI is InChI=1S/C28H40N6O3/c1-22(35)32-13-15-34(16-14-32)28(36)18-23-7-8-29-20-24(23)17-25-19-27(37-30-25)21-31-9-11-33(12-10-31)26-5-3-2-4-6-26/h2-6,19,23-24,29H,7-18,20-21H2,1H3. The normalized spacial score (nSPS) is 23.3. The molecule has 0 bridgehead atoms. The molecule has 1 aromatic carbocycles. The summed E-state index contributed by atoms with van der Waals surface area (Å²) in [7, 11) is 0. The van der Waals surface area contributed by atoms with Gasteiger partial charge in [0.15, 0.2) is 5.76 Å². The van der Waals surface area contributed by atoms with E-state index in [0.29, 0.717) is 44.4 Å². The number of hydrogen-bond acceptors (Lipinski definition) is 7. The van der Waals surface area contributed by atoms with E-state index >= 15 is 0 Å². The van der Waals surface area contributed by atoms with Gasteiger partial charge >= 0.3 is 0 Å². The van der Waals surface area contributed by atoms with Gasteiger partial charge in [0.2, 0.25) is 11.8 Å². The number of carbonyl (C=O) groups excluding carboxylic acids is 2. The first-order chi connectivity index (χ1) is 18.0. The Hall–Kier alpha value is -2.91. The van der Waals surface area contributed by atoms with Crippen molar-refractivity contribution in [2.75, 3.05) is 70.3 Å². The lowest BCUT2D eigenvalue weighted by molar-refractivity contribution is -0.139. The highest BCUT2D eigenvalue weighted by Crippen LogP contribution is 2.27. The highest BCUT2D eigenvalue weighted by molar-refractivity contribution is 5.77. The number of benzene rings is 1. The molecule has 1 aromatic heterocycles. The Morgan fingerprint density at radius 3 is 2.43 bits per heavy atom. The summed E-state index contributed by atoms with van der Waals surface area (Å²) < 4.78 is 5.73. The summed E-state index contributed by atoms with van der Waals surface area (Å²) in [4.78, 5) is 33.2. The molecule has 2 aromatic rings. The van der Waals surface area contributed by atoms with Crippen LogP contribution in [0.5, 0.6) is 0 Å². The lowest BCUT2D eigenvalue weighted by Crippen LogP contribution is -2.51. The smallest absolute Gasteiger partial charge is 0.222 e. The third-order valence-corrected chi connectivity index (χ3v) is 8.23. The van der Waals surface area contributed by atoms with Crippen molar-refractivity contribution in [1.82, 2.24) is 25.2 Å². The number of piperazine rings is 2. The van der Waals surface area contributed by atoms with E-state index in [1.54, 1.807) is 6.92 Å². The Kier molecular flexibility index (Phi) is 8.41. The van der Waals surface area contributed by atoms with Gasteiger partial charge in [0.1, 0.15) is 0 Å². The second-order valence-corrected chi connectivity index (χ2v) is 10.7. The number of para-hydroxylation sites is 1. The van der Waals surface area contributed by atoms with E-state index in [0.717, 1.165) is 70.1 Å². The van der Waals surface area contributed by atoms with Gasteiger partial charge in [-0.2, -0.15) is 0 Å². The molecule has 37 heavy (non-hydrogen) atoms. The molecule has 9 heteroatoms. The van der Waals surface area contributed by atoms with Crippen LogP contribution in [0.3, 0.4) is 0 Å². The Bertz CT molecular complexity index is 1030. The van der Waals surface area contributed by atoms with Crippen molar-refractivity contribution in [2.45, 2.75) is 32.7 Å². The van der Waals surface area contributed by atoms with E-state index in [-0.39, 0.29) is 11.8 Å². The largest absolute Gasteiger partial charge is 0.369 e. The third kappa shape index (κ3) is 6.70. The van der Waals surface area contributed by atoms with Crippen molar-refractivity contribution in [3.8, 4) is 0 Å². The Morgan fingerprint density at radius 2 is 1.70 bits per heavy atom. The van der Waals surface area contributed by atoms with Crippen molar-refractivity contribution in [3.63, 3.8) is 0 Å². The molecule has 0 saturated carbocycles. The number of carbonyl (C=O) groups is 2. The van der Waals surface area contributed by atoms with Crippen molar-refractivity contribution in [3.05, 3.63) is 47.9 Å². The molecule has 0 spiro atoms. The molecule has 3 fully saturated rings. The average molecular weight is 509 g/mol. The second-order valence-electron chi connectivity index (χ2n) is 10.7. The van der Waals surface area contributed by atoms with E-state index in [1.807, 2.05) is 9.80 Å². The number of nitrogens with one attached hydrogen (secondary N) is 1. The number of aromatic nitrogens is 1. The SMILES string of the molecule is CC(=O)N1CCN(C(=O)CC2CCNCC2Cc2cc(CN3CCN(c4ccccc4)CC3)on2)CC1. The van der Waals surface area contributed by atoms with Crippen LogP contribution in [0.4, 0.5) is 5.69 Å². The molecule has 0 radical (unpaired) electrons. The zero-order valence-electron chi connectivity index (χ0n) is 22.0. The fourth-order valence-corrected chi connectivity index (χ4v) is 5.93. The van der Waals surface area contributed by atoms with E-state index in [1.165, 1.54) is 5.69 Å². The van der Waals surface area contributed by atoms with E-state index < -0.39 is 0 Å². The fourth-order valence-electron chi connectivity index (χ4n) is 5.93. The van der Waals surface area contributed by atoms with Crippen LogP contribution in [-0.4, -0.2) is 97.1 Å². The van der Waals surface area contributed by atoms with Gasteiger partial charge in [0, 0.05) is 77.5 Å². The molecular weight excluding hydrogens is 468 g/mol. The monoisotopic (exact) mass is 508 g/mol. The number of hydrogen-bond donors (Lipinski definition) is 1. The minimum atomic E-state index is 0.0898. The molecule has 5 rings (SSSR count). The average Bonchev–Trinajstić information content (AvgIpc) is 3.37. The lowest BCUT2D eigenvalue weighted by atomic mass is 9.81. The first-order valence-corrected chi connectivity index (χ1v) is 13.8. The molecule has 2 unspecified atom stereocenters. The summed E-state index contributed by atoms with van der Waals surface area (Å²) in [6, 6.07) is 12.7. The highest BCUT2D eigenvalue weighted by Gasteiger charge is 2.31. The molecular formula is C28H40N6O3. The fraction of sp³-hybridized carbons (Fsp3) is 0.607. The van der Waals surface area contributed by atoms with Gasteiger partial charge < -0.3 is 24.5 Å². The quantitative estimate of drug-likeness (QED) is 0.611. The van der Waals surface area contributed by atoms with Gasteiger partial charge in [-0.1, -0.05) is 23.4 Å². The van der Waals surface area contributed by atoms with E-state index in [2.05, 4.69) is 56.7 Å². The van der Waals surface area contributed by atoms with Crippen LogP contribution < -0.4 is 10.2 Å².